The monoisotopic (exact) mass is 269 g/mol. The molecule has 0 radical (unpaired) electrons. The molecule has 1 atom stereocenters. The maximum Gasteiger partial charge on any atom is 0.272 e. The van der Waals surface area contributed by atoms with E-state index in [4.69, 9.17) is 0 Å². The topological polar surface area (TPSA) is 75.5 Å². The third-order valence-electron chi connectivity index (χ3n) is 2.58. The van der Waals surface area contributed by atoms with Crippen molar-refractivity contribution < 1.29 is 14.1 Å². The molecule has 0 bridgehead atoms. The second-order valence-corrected chi connectivity index (χ2v) is 4.41. The quantitative estimate of drug-likeness (QED) is 0.645. The number of carbonyl (C=O) groups excluding carboxylic acids is 1. The Kier molecular flexibility index (Phi) is 4.94. The molecule has 6 nitrogen and oxygen atoms in total. The molecule has 1 aromatic rings. The normalized spacial score (nSPS) is 12.0. The molecule has 0 aromatic heterocycles. The van der Waals surface area contributed by atoms with Crippen molar-refractivity contribution >= 4 is 11.6 Å². The first kappa shape index (κ1) is 15.0. The molecule has 0 aliphatic heterocycles. The Morgan fingerprint density at radius 3 is 2.63 bits per heavy atom. The molecule has 0 aliphatic rings. The fraction of sp³-hybridized carbons (Fsp3) is 0.417. The number of rotatable bonds is 5. The lowest BCUT2D eigenvalue weighted by Gasteiger charge is -2.18. The first-order valence-electron chi connectivity index (χ1n) is 5.69. The van der Waals surface area contributed by atoms with Gasteiger partial charge in [0.2, 0.25) is 5.91 Å². The zero-order valence-electron chi connectivity index (χ0n) is 11.0. The summed E-state index contributed by atoms with van der Waals surface area (Å²) in [6, 6.07) is 2.89. The van der Waals surface area contributed by atoms with Gasteiger partial charge in [0.25, 0.3) is 5.69 Å². The molecule has 1 amide bonds. The molecule has 0 saturated heterocycles. The highest BCUT2D eigenvalue weighted by Crippen LogP contribution is 2.16. The molecule has 1 aromatic carbocycles. The number of likely N-dealkylation sites (N-methyl/N-ethyl adjacent to an activating group) is 1. The number of hydrogen-bond acceptors (Lipinski definition) is 4. The Morgan fingerprint density at radius 2 is 2.11 bits per heavy atom. The molecule has 1 N–H and O–H groups in total. The van der Waals surface area contributed by atoms with E-state index in [1.165, 1.54) is 17.0 Å². The number of nitrogens with zero attached hydrogens (tertiary/aromatic N) is 2. The first-order chi connectivity index (χ1) is 8.81. The highest BCUT2D eigenvalue weighted by Gasteiger charge is 2.15. The average Bonchev–Trinajstić information content (AvgIpc) is 2.34. The summed E-state index contributed by atoms with van der Waals surface area (Å²) in [6.07, 6.45) is 0. The Morgan fingerprint density at radius 1 is 1.47 bits per heavy atom. The predicted octanol–water partition coefficient (Wildman–Crippen LogP) is 1.30. The van der Waals surface area contributed by atoms with Crippen LogP contribution in [0.4, 0.5) is 10.1 Å². The van der Waals surface area contributed by atoms with E-state index in [2.05, 4.69) is 5.32 Å². The molecule has 104 valence electrons. The Balaban J connectivity index is 2.73. The lowest BCUT2D eigenvalue weighted by Crippen LogP contribution is -2.41. The van der Waals surface area contributed by atoms with Crippen molar-refractivity contribution in [2.24, 2.45) is 0 Å². The number of nitro benzene ring substituents is 1. The van der Waals surface area contributed by atoms with Crippen LogP contribution in [0.1, 0.15) is 12.5 Å². The molecule has 0 saturated carbocycles. The summed E-state index contributed by atoms with van der Waals surface area (Å²) in [5.41, 5.74) is 0.119. The molecule has 19 heavy (non-hydrogen) atoms. The van der Waals surface area contributed by atoms with Crippen molar-refractivity contribution in [3.63, 3.8) is 0 Å². The summed E-state index contributed by atoms with van der Waals surface area (Å²) in [6.45, 7) is 1.86. The number of non-ortho nitro benzene ring substituents is 1. The van der Waals surface area contributed by atoms with Gasteiger partial charge in [0.15, 0.2) is 0 Å². The van der Waals surface area contributed by atoms with E-state index in [-0.39, 0.29) is 18.1 Å². The fourth-order valence-corrected chi connectivity index (χ4v) is 1.59. The van der Waals surface area contributed by atoms with Crippen LogP contribution >= 0.6 is 0 Å². The average molecular weight is 269 g/mol. The maximum absolute atomic E-state index is 13.2. The van der Waals surface area contributed by atoms with Crippen LogP contribution in [-0.4, -0.2) is 35.9 Å². The minimum atomic E-state index is -0.669. The lowest BCUT2D eigenvalue weighted by molar-refractivity contribution is -0.385. The van der Waals surface area contributed by atoms with Gasteiger partial charge in [-0.05, 0) is 18.6 Å². The van der Waals surface area contributed by atoms with Crippen molar-refractivity contribution in [1.82, 2.24) is 10.2 Å². The second kappa shape index (κ2) is 6.24. The smallest absolute Gasteiger partial charge is 0.272 e. The number of amides is 1. The number of benzene rings is 1. The highest BCUT2D eigenvalue weighted by atomic mass is 19.1. The number of hydrogen-bond donors (Lipinski definition) is 1. The standard InChI is InChI=1S/C12H16FN3O3/c1-8(12(17)15(2)3)14-7-9-4-10(13)6-11(5-9)16(18)19/h4-6,8,14H,7H2,1-3H3. The Bertz CT molecular complexity index is 491. The molecule has 1 unspecified atom stereocenters. The maximum atomic E-state index is 13.2. The molecule has 0 heterocycles. The predicted molar refractivity (Wildman–Crippen MR) is 68.1 cm³/mol. The van der Waals surface area contributed by atoms with E-state index in [1.54, 1.807) is 21.0 Å². The SMILES string of the molecule is CC(NCc1cc(F)cc([N+](=O)[O-])c1)C(=O)N(C)C. The summed E-state index contributed by atoms with van der Waals surface area (Å²) in [5, 5.41) is 13.5. The van der Waals surface area contributed by atoms with Gasteiger partial charge < -0.3 is 10.2 Å². The lowest BCUT2D eigenvalue weighted by atomic mass is 10.2. The van der Waals surface area contributed by atoms with Crippen molar-refractivity contribution in [2.75, 3.05) is 14.1 Å². The van der Waals surface area contributed by atoms with Crippen molar-refractivity contribution in [3.05, 3.63) is 39.7 Å². The second-order valence-electron chi connectivity index (χ2n) is 4.41. The van der Waals surface area contributed by atoms with Crippen molar-refractivity contribution in [1.29, 1.82) is 0 Å². The van der Waals surface area contributed by atoms with E-state index in [0.717, 1.165) is 6.07 Å². The van der Waals surface area contributed by atoms with Gasteiger partial charge in [0.1, 0.15) is 5.82 Å². The van der Waals surface area contributed by atoms with Crippen LogP contribution in [0.5, 0.6) is 0 Å². The van der Waals surface area contributed by atoms with Gasteiger partial charge in [-0.3, -0.25) is 14.9 Å². The van der Waals surface area contributed by atoms with Gasteiger partial charge in [-0.25, -0.2) is 4.39 Å². The molecule has 1 rings (SSSR count). The van der Waals surface area contributed by atoms with E-state index in [1.807, 2.05) is 0 Å². The number of halogens is 1. The summed E-state index contributed by atoms with van der Waals surface area (Å²) >= 11 is 0. The van der Waals surface area contributed by atoms with Crippen molar-refractivity contribution in [2.45, 2.75) is 19.5 Å². The number of nitrogens with one attached hydrogen (secondary N) is 1. The molecule has 7 heteroatoms. The first-order valence-corrected chi connectivity index (χ1v) is 5.69. The summed E-state index contributed by atoms with van der Waals surface area (Å²) < 4.78 is 13.2. The third kappa shape index (κ3) is 4.29. The van der Waals surface area contributed by atoms with Crippen LogP contribution in [0, 0.1) is 15.9 Å². The molecule has 0 aliphatic carbocycles. The fourth-order valence-electron chi connectivity index (χ4n) is 1.59. The summed E-state index contributed by atoms with van der Waals surface area (Å²) in [4.78, 5) is 23.0. The Labute approximate surface area is 110 Å². The van der Waals surface area contributed by atoms with E-state index in [0.29, 0.717) is 5.56 Å². The van der Waals surface area contributed by atoms with Crippen LogP contribution in [0.15, 0.2) is 18.2 Å². The van der Waals surface area contributed by atoms with Gasteiger partial charge >= 0.3 is 0 Å². The van der Waals surface area contributed by atoms with E-state index < -0.39 is 16.8 Å². The highest BCUT2D eigenvalue weighted by molar-refractivity contribution is 5.80. The number of nitro groups is 1. The van der Waals surface area contributed by atoms with Crippen LogP contribution < -0.4 is 5.32 Å². The van der Waals surface area contributed by atoms with E-state index in [9.17, 15) is 19.3 Å². The van der Waals surface area contributed by atoms with Gasteiger partial charge in [0, 0.05) is 26.7 Å². The third-order valence-corrected chi connectivity index (χ3v) is 2.58. The molecule has 0 spiro atoms. The van der Waals surface area contributed by atoms with Gasteiger partial charge in [-0.2, -0.15) is 0 Å². The molecule has 0 fully saturated rings. The molecular formula is C12H16FN3O3. The Hall–Kier alpha value is -2.02. The van der Waals surface area contributed by atoms with Crippen LogP contribution in [0.25, 0.3) is 0 Å². The molecular weight excluding hydrogens is 253 g/mol. The van der Waals surface area contributed by atoms with Gasteiger partial charge in [0.05, 0.1) is 17.0 Å². The van der Waals surface area contributed by atoms with Crippen LogP contribution in [-0.2, 0) is 11.3 Å². The van der Waals surface area contributed by atoms with Crippen molar-refractivity contribution in [3.8, 4) is 0 Å². The van der Waals surface area contributed by atoms with Crippen LogP contribution in [0.2, 0.25) is 0 Å². The van der Waals surface area contributed by atoms with Crippen LogP contribution in [0.3, 0.4) is 0 Å². The number of carbonyl (C=O) groups is 1. The summed E-state index contributed by atoms with van der Waals surface area (Å²) in [5.74, 6) is -0.788. The zero-order chi connectivity index (χ0) is 14.6. The largest absolute Gasteiger partial charge is 0.347 e. The van der Waals surface area contributed by atoms with Gasteiger partial charge in [-0.15, -0.1) is 0 Å². The minimum absolute atomic E-state index is 0.120. The van der Waals surface area contributed by atoms with E-state index >= 15 is 0 Å². The zero-order valence-corrected chi connectivity index (χ0v) is 11.0. The summed E-state index contributed by atoms with van der Waals surface area (Å²) in [7, 11) is 3.26. The minimum Gasteiger partial charge on any atom is -0.347 e. The van der Waals surface area contributed by atoms with Gasteiger partial charge in [-0.1, -0.05) is 0 Å².